The fraction of sp³-hybridized carbons (Fsp3) is 1.00. The first-order valence-corrected chi connectivity index (χ1v) is 7.13. The van der Waals surface area contributed by atoms with Crippen molar-refractivity contribution in [3.05, 3.63) is 0 Å². The number of rotatable bonds is 7. The maximum atomic E-state index is 10.6. The van der Waals surface area contributed by atoms with E-state index < -0.39 is 10.1 Å². The van der Waals surface area contributed by atoms with E-state index in [1.807, 2.05) is 0 Å². The molecule has 0 saturated carbocycles. The van der Waals surface area contributed by atoms with Gasteiger partial charge in [0, 0.05) is 0 Å². The summed E-state index contributed by atoms with van der Waals surface area (Å²) in [5.41, 5.74) is 0. The van der Waals surface area contributed by atoms with Crippen molar-refractivity contribution in [1.82, 2.24) is 0 Å². The molecule has 0 aromatic rings. The Morgan fingerprint density at radius 2 is 1.71 bits per heavy atom. The minimum atomic E-state index is -3.08. The van der Waals surface area contributed by atoms with Gasteiger partial charge in [-0.2, -0.15) is 8.42 Å². The van der Waals surface area contributed by atoms with Gasteiger partial charge in [-0.1, -0.05) is 45.4 Å². The third kappa shape index (κ3) is 4.42. The molecular weight excluding hydrogens is 200 g/mol. The Bertz CT molecular complexity index is 234. The van der Waals surface area contributed by atoms with E-state index in [4.69, 9.17) is 4.18 Å². The van der Waals surface area contributed by atoms with E-state index in [1.165, 1.54) is 32.1 Å². The highest BCUT2D eigenvalue weighted by Gasteiger charge is 2.33. The highest BCUT2D eigenvalue weighted by molar-refractivity contribution is 7.87. The van der Waals surface area contributed by atoms with E-state index in [-0.39, 0.29) is 11.9 Å². The van der Waals surface area contributed by atoms with E-state index >= 15 is 0 Å². The first-order chi connectivity index (χ1) is 6.64. The van der Waals surface area contributed by atoms with Crippen molar-refractivity contribution in [2.24, 2.45) is 0 Å². The normalized spacial score (nSPS) is 24.5. The molecule has 0 amide bonds. The van der Waals surface area contributed by atoms with Crippen LogP contribution in [0.2, 0.25) is 0 Å². The van der Waals surface area contributed by atoms with Crippen LogP contribution in [0.3, 0.4) is 0 Å². The van der Waals surface area contributed by atoms with Gasteiger partial charge < -0.3 is 0 Å². The first-order valence-electron chi connectivity index (χ1n) is 5.55. The zero-order valence-corrected chi connectivity index (χ0v) is 9.68. The molecule has 0 aliphatic carbocycles. The van der Waals surface area contributed by atoms with E-state index in [2.05, 4.69) is 6.92 Å². The first kappa shape index (κ1) is 12.0. The van der Waals surface area contributed by atoms with Gasteiger partial charge in [0.2, 0.25) is 0 Å². The summed E-state index contributed by atoms with van der Waals surface area (Å²) in [7, 11) is -3.08. The van der Waals surface area contributed by atoms with E-state index in [0.717, 1.165) is 12.8 Å². The Morgan fingerprint density at radius 3 is 2.29 bits per heavy atom. The van der Waals surface area contributed by atoms with E-state index in [0.29, 0.717) is 0 Å². The number of hydrogen-bond donors (Lipinski definition) is 0. The lowest BCUT2D eigenvalue weighted by Gasteiger charge is -2.25. The van der Waals surface area contributed by atoms with Crippen molar-refractivity contribution in [1.29, 1.82) is 0 Å². The van der Waals surface area contributed by atoms with Gasteiger partial charge in [-0.05, 0) is 6.42 Å². The molecule has 0 radical (unpaired) electrons. The summed E-state index contributed by atoms with van der Waals surface area (Å²) in [6.07, 6.45) is 8.37. The molecule has 14 heavy (non-hydrogen) atoms. The minimum absolute atomic E-state index is 0.00817. The fourth-order valence-corrected chi connectivity index (χ4v) is 2.83. The Kier molecular flexibility index (Phi) is 4.89. The third-order valence-corrected chi connectivity index (χ3v) is 3.90. The molecule has 1 unspecified atom stereocenters. The predicted octanol–water partition coefficient (Wildman–Crippen LogP) is 2.47. The highest BCUT2D eigenvalue weighted by atomic mass is 32.2. The standard InChI is InChI=1S/C10H20O3S/c1-2-3-4-5-6-7-8-10-9-14(11,12)13-10/h10H,2-9H2,1H3. The molecule has 0 aromatic heterocycles. The number of hydrogen-bond acceptors (Lipinski definition) is 3. The molecule has 3 nitrogen and oxygen atoms in total. The van der Waals surface area contributed by atoms with Crippen LogP contribution in [0, 0.1) is 0 Å². The quantitative estimate of drug-likeness (QED) is 0.489. The molecule has 1 aliphatic heterocycles. The largest absolute Gasteiger partial charge is 0.270 e. The molecule has 84 valence electrons. The van der Waals surface area contributed by atoms with Crippen molar-refractivity contribution in [2.75, 3.05) is 5.75 Å². The SMILES string of the molecule is CCCCCCCCC1CS(=O)(=O)O1. The Hall–Kier alpha value is -0.0900. The van der Waals surface area contributed by atoms with Gasteiger partial charge in [-0.15, -0.1) is 0 Å². The summed E-state index contributed by atoms with van der Waals surface area (Å²) in [4.78, 5) is 0. The van der Waals surface area contributed by atoms with Crippen LogP contribution in [-0.4, -0.2) is 20.3 Å². The lowest BCUT2D eigenvalue weighted by Crippen LogP contribution is -2.38. The summed E-state index contributed by atoms with van der Waals surface area (Å²) in [5.74, 6) is 0.238. The van der Waals surface area contributed by atoms with Crippen molar-refractivity contribution in [3.63, 3.8) is 0 Å². The van der Waals surface area contributed by atoms with Crippen molar-refractivity contribution in [3.8, 4) is 0 Å². The van der Waals surface area contributed by atoms with Gasteiger partial charge in [-0.25, -0.2) is 0 Å². The molecule has 0 spiro atoms. The van der Waals surface area contributed by atoms with Crippen molar-refractivity contribution < 1.29 is 12.6 Å². The van der Waals surface area contributed by atoms with Crippen molar-refractivity contribution >= 4 is 10.1 Å². The van der Waals surface area contributed by atoms with Crippen LogP contribution in [0.5, 0.6) is 0 Å². The summed E-state index contributed by atoms with van der Waals surface area (Å²) < 4.78 is 26.0. The van der Waals surface area contributed by atoms with Crippen LogP contribution < -0.4 is 0 Å². The maximum Gasteiger partial charge on any atom is 0.270 e. The molecule has 1 fully saturated rings. The second kappa shape index (κ2) is 5.71. The lowest BCUT2D eigenvalue weighted by atomic mass is 10.1. The number of unbranched alkanes of at least 4 members (excludes halogenated alkanes) is 5. The Balaban J connectivity index is 1.86. The summed E-state index contributed by atoms with van der Waals surface area (Å²) >= 11 is 0. The van der Waals surface area contributed by atoms with Crippen LogP contribution in [0.4, 0.5) is 0 Å². The van der Waals surface area contributed by atoms with Crippen LogP contribution in [0.1, 0.15) is 51.9 Å². The van der Waals surface area contributed by atoms with Crippen LogP contribution in [0.25, 0.3) is 0 Å². The smallest absolute Gasteiger partial charge is 0.266 e. The van der Waals surface area contributed by atoms with Gasteiger partial charge >= 0.3 is 0 Å². The molecule has 1 saturated heterocycles. The van der Waals surface area contributed by atoms with E-state index in [1.54, 1.807) is 0 Å². The second-order valence-corrected chi connectivity index (χ2v) is 5.64. The van der Waals surface area contributed by atoms with Crippen LogP contribution in [0.15, 0.2) is 0 Å². The molecule has 0 bridgehead atoms. The van der Waals surface area contributed by atoms with Crippen LogP contribution >= 0.6 is 0 Å². The average molecular weight is 220 g/mol. The zero-order chi connectivity index (χ0) is 10.4. The molecule has 0 aromatic carbocycles. The van der Waals surface area contributed by atoms with Gasteiger partial charge in [-0.3, -0.25) is 4.18 Å². The minimum Gasteiger partial charge on any atom is -0.266 e. The Morgan fingerprint density at radius 1 is 1.14 bits per heavy atom. The zero-order valence-electron chi connectivity index (χ0n) is 8.87. The second-order valence-electron chi connectivity index (χ2n) is 4.00. The third-order valence-electron chi connectivity index (χ3n) is 2.55. The summed E-state index contributed by atoms with van der Waals surface area (Å²) in [6, 6.07) is 0. The fourth-order valence-electron chi connectivity index (χ4n) is 1.71. The van der Waals surface area contributed by atoms with Gasteiger partial charge in [0.1, 0.15) is 5.75 Å². The lowest BCUT2D eigenvalue weighted by molar-refractivity contribution is 0.166. The molecule has 4 heteroatoms. The molecular formula is C10H20O3S. The van der Waals surface area contributed by atoms with Gasteiger partial charge in [0.25, 0.3) is 10.1 Å². The molecule has 1 aliphatic rings. The summed E-state index contributed by atoms with van der Waals surface area (Å²) in [6.45, 7) is 2.20. The van der Waals surface area contributed by atoms with Crippen molar-refractivity contribution in [2.45, 2.75) is 58.0 Å². The molecule has 1 rings (SSSR count). The monoisotopic (exact) mass is 220 g/mol. The van der Waals surface area contributed by atoms with Gasteiger partial charge in [0.05, 0.1) is 6.10 Å². The maximum absolute atomic E-state index is 10.6. The predicted molar refractivity (Wildman–Crippen MR) is 56.7 cm³/mol. The van der Waals surface area contributed by atoms with Gasteiger partial charge in [0.15, 0.2) is 0 Å². The highest BCUT2D eigenvalue weighted by Crippen LogP contribution is 2.21. The summed E-state index contributed by atoms with van der Waals surface area (Å²) in [5, 5.41) is 0. The Labute approximate surface area is 87.0 Å². The topological polar surface area (TPSA) is 43.4 Å². The molecule has 0 N–H and O–H groups in total. The molecule has 1 atom stereocenters. The molecule has 1 heterocycles. The van der Waals surface area contributed by atoms with E-state index in [9.17, 15) is 8.42 Å². The average Bonchev–Trinajstić information content (AvgIpc) is 2.07. The van der Waals surface area contributed by atoms with Crippen LogP contribution in [-0.2, 0) is 14.3 Å².